The van der Waals surface area contributed by atoms with Gasteiger partial charge in [-0.1, -0.05) is 78.4 Å². The standard InChI is InChI=1S/C18H34O/c1-5-7-9-11-13-15-17(3)19-18(4)16-14-12-10-8-6-2/h3-16H2,1-2H3. The lowest BCUT2D eigenvalue weighted by molar-refractivity contribution is 0.274. The first-order valence-electron chi connectivity index (χ1n) is 8.24. The van der Waals surface area contributed by atoms with Crippen molar-refractivity contribution in [2.75, 3.05) is 0 Å². The van der Waals surface area contributed by atoms with Gasteiger partial charge < -0.3 is 4.74 Å². The summed E-state index contributed by atoms with van der Waals surface area (Å²) in [6.07, 6.45) is 14.9. The SMILES string of the molecule is C=C(CCCCCCC)OC(=C)CCCCCCC. The molecule has 0 fully saturated rings. The van der Waals surface area contributed by atoms with Crippen molar-refractivity contribution in [2.24, 2.45) is 0 Å². The van der Waals surface area contributed by atoms with Crippen molar-refractivity contribution in [1.82, 2.24) is 0 Å². The summed E-state index contributed by atoms with van der Waals surface area (Å²) < 4.78 is 5.67. The molecule has 0 N–H and O–H groups in total. The molecule has 0 unspecified atom stereocenters. The Morgan fingerprint density at radius 3 is 1.37 bits per heavy atom. The molecule has 0 aliphatic carbocycles. The summed E-state index contributed by atoms with van der Waals surface area (Å²) in [6.45, 7) is 12.5. The van der Waals surface area contributed by atoms with Crippen LogP contribution in [-0.4, -0.2) is 0 Å². The highest BCUT2D eigenvalue weighted by Gasteiger charge is 2.00. The van der Waals surface area contributed by atoms with Gasteiger partial charge in [-0.25, -0.2) is 0 Å². The topological polar surface area (TPSA) is 9.23 Å². The third-order valence-electron chi connectivity index (χ3n) is 3.41. The van der Waals surface area contributed by atoms with Gasteiger partial charge in [-0.05, 0) is 12.8 Å². The second-order valence-electron chi connectivity index (χ2n) is 5.51. The monoisotopic (exact) mass is 266 g/mol. The van der Waals surface area contributed by atoms with Gasteiger partial charge in [0.05, 0.1) is 11.5 Å². The highest BCUT2D eigenvalue weighted by Crippen LogP contribution is 2.17. The van der Waals surface area contributed by atoms with E-state index < -0.39 is 0 Å². The van der Waals surface area contributed by atoms with Gasteiger partial charge in [-0.3, -0.25) is 0 Å². The molecule has 0 radical (unpaired) electrons. The fraction of sp³-hybridized carbons (Fsp3) is 0.778. The smallest absolute Gasteiger partial charge is 0.0964 e. The zero-order valence-corrected chi connectivity index (χ0v) is 13.3. The summed E-state index contributed by atoms with van der Waals surface area (Å²) in [5, 5.41) is 0. The Morgan fingerprint density at radius 2 is 1.00 bits per heavy atom. The van der Waals surface area contributed by atoms with Crippen LogP contribution in [0.4, 0.5) is 0 Å². The normalized spacial score (nSPS) is 10.4. The van der Waals surface area contributed by atoms with Gasteiger partial charge in [0.2, 0.25) is 0 Å². The molecule has 112 valence electrons. The molecule has 0 aliphatic rings. The lowest BCUT2D eigenvalue weighted by Crippen LogP contribution is -1.92. The molecule has 1 heteroatoms. The van der Waals surface area contributed by atoms with E-state index in [1.165, 1.54) is 64.2 Å². The largest absolute Gasteiger partial charge is 0.467 e. The summed E-state index contributed by atoms with van der Waals surface area (Å²) in [6, 6.07) is 0. The Labute approximate surface area is 121 Å². The van der Waals surface area contributed by atoms with E-state index in [9.17, 15) is 0 Å². The molecule has 0 atom stereocenters. The molecule has 0 saturated carbocycles. The van der Waals surface area contributed by atoms with E-state index in [0.29, 0.717) is 0 Å². The number of rotatable bonds is 14. The summed E-state index contributed by atoms with van der Waals surface area (Å²) in [5.41, 5.74) is 0. The number of hydrogen-bond acceptors (Lipinski definition) is 1. The quantitative estimate of drug-likeness (QED) is 0.249. The van der Waals surface area contributed by atoms with Gasteiger partial charge in [0.15, 0.2) is 0 Å². The Balaban J connectivity index is 3.40. The van der Waals surface area contributed by atoms with Crippen LogP contribution in [0.15, 0.2) is 24.7 Å². The van der Waals surface area contributed by atoms with Gasteiger partial charge in [-0.2, -0.15) is 0 Å². The number of unbranched alkanes of at least 4 members (excludes halogenated alkanes) is 8. The Kier molecular flexibility index (Phi) is 13.2. The van der Waals surface area contributed by atoms with E-state index in [1.54, 1.807) is 0 Å². The van der Waals surface area contributed by atoms with Crippen LogP contribution >= 0.6 is 0 Å². The van der Waals surface area contributed by atoms with Crippen molar-refractivity contribution in [3.8, 4) is 0 Å². The second-order valence-corrected chi connectivity index (χ2v) is 5.51. The van der Waals surface area contributed by atoms with Crippen molar-refractivity contribution < 1.29 is 4.74 Å². The van der Waals surface area contributed by atoms with Crippen LogP contribution < -0.4 is 0 Å². The lowest BCUT2D eigenvalue weighted by Gasteiger charge is -2.11. The Hall–Kier alpha value is -0.720. The van der Waals surface area contributed by atoms with E-state index in [2.05, 4.69) is 27.0 Å². The van der Waals surface area contributed by atoms with Crippen molar-refractivity contribution in [3.05, 3.63) is 24.7 Å². The maximum absolute atomic E-state index is 5.67. The molecule has 0 saturated heterocycles. The van der Waals surface area contributed by atoms with Crippen LogP contribution in [0, 0.1) is 0 Å². The van der Waals surface area contributed by atoms with Gasteiger partial charge in [-0.15, -0.1) is 0 Å². The third kappa shape index (κ3) is 13.5. The van der Waals surface area contributed by atoms with Crippen LogP contribution in [0.2, 0.25) is 0 Å². The van der Waals surface area contributed by atoms with Gasteiger partial charge in [0.1, 0.15) is 0 Å². The Morgan fingerprint density at radius 1 is 0.632 bits per heavy atom. The molecule has 0 aromatic carbocycles. The second kappa shape index (κ2) is 13.7. The van der Waals surface area contributed by atoms with E-state index in [0.717, 1.165) is 24.4 Å². The lowest BCUT2D eigenvalue weighted by atomic mass is 10.1. The molecule has 0 amide bonds. The van der Waals surface area contributed by atoms with Crippen molar-refractivity contribution >= 4 is 0 Å². The molecule has 0 rings (SSSR count). The number of allylic oxidation sites excluding steroid dienone is 2. The summed E-state index contributed by atoms with van der Waals surface area (Å²) >= 11 is 0. The van der Waals surface area contributed by atoms with Crippen molar-refractivity contribution in [3.63, 3.8) is 0 Å². The molecular formula is C18H34O. The van der Waals surface area contributed by atoms with Crippen LogP contribution in [0.5, 0.6) is 0 Å². The van der Waals surface area contributed by atoms with Crippen molar-refractivity contribution in [2.45, 2.75) is 90.9 Å². The molecule has 0 aliphatic heterocycles. The molecule has 1 nitrogen and oxygen atoms in total. The highest BCUT2D eigenvalue weighted by molar-refractivity contribution is 4.93. The minimum atomic E-state index is 0.898. The van der Waals surface area contributed by atoms with E-state index in [4.69, 9.17) is 4.74 Å². The zero-order chi connectivity index (χ0) is 14.3. The average Bonchev–Trinajstić information content (AvgIpc) is 2.38. The van der Waals surface area contributed by atoms with Gasteiger partial charge in [0.25, 0.3) is 0 Å². The molecule has 0 bridgehead atoms. The summed E-state index contributed by atoms with van der Waals surface area (Å²) in [5.74, 6) is 1.80. The predicted molar refractivity (Wildman–Crippen MR) is 86.1 cm³/mol. The average molecular weight is 266 g/mol. The van der Waals surface area contributed by atoms with Gasteiger partial charge in [0, 0.05) is 12.8 Å². The van der Waals surface area contributed by atoms with E-state index in [1.807, 2.05) is 0 Å². The van der Waals surface area contributed by atoms with Crippen LogP contribution in [0.25, 0.3) is 0 Å². The molecule has 0 spiro atoms. The molecule has 0 aromatic rings. The van der Waals surface area contributed by atoms with Crippen LogP contribution in [0.3, 0.4) is 0 Å². The van der Waals surface area contributed by atoms with Crippen LogP contribution in [-0.2, 0) is 4.74 Å². The maximum Gasteiger partial charge on any atom is 0.0964 e. The van der Waals surface area contributed by atoms with E-state index in [-0.39, 0.29) is 0 Å². The summed E-state index contributed by atoms with van der Waals surface area (Å²) in [7, 11) is 0. The molecular weight excluding hydrogens is 232 g/mol. The van der Waals surface area contributed by atoms with Crippen molar-refractivity contribution in [1.29, 1.82) is 0 Å². The third-order valence-corrected chi connectivity index (χ3v) is 3.41. The van der Waals surface area contributed by atoms with Crippen LogP contribution in [0.1, 0.15) is 90.9 Å². The minimum absolute atomic E-state index is 0.898. The first-order chi connectivity index (χ1) is 9.20. The first kappa shape index (κ1) is 18.3. The Bertz CT molecular complexity index is 206. The van der Waals surface area contributed by atoms with E-state index >= 15 is 0 Å². The first-order valence-corrected chi connectivity index (χ1v) is 8.24. The highest BCUT2D eigenvalue weighted by atomic mass is 16.5. The fourth-order valence-electron chi connectivity index (χ4n) is 2.16. The number of ether oxygens (including phenoxy) is 1. The minimum Gasteiger partial charge on any atom is -0.467 e. The number of hydrogen-bond donors (Lipinski definition) is 0. The molecule has 0 heterocycles. The molecule has 0 aromatic heterocycles. The fourth-order valence-corrected chi connectivity index (χ4v) is 2.16. The summed E-state index contributed by atoms with van der Waals surface area (Å²) in [4.78, 5) is 0. The molecule has 19 heavy (non-hydrogen) atoms. The maximum atomic E-state index is 5.67. The zero-order valence-electron chi connectivity index (χ0n) is 13.3. The van der Waals surface area contributed by atoms with Gasteiger partial charge >= 0.3 is 0 Å². The predicted octanol–water partition coefficient (Wildman–Crippen LogP) is 6.75.